The van der Waals surface area contributed by atoms with Crippen LogP contribution in [-0.4, -0.2) is 9.97 Å². The molecule has 1 atom stereocenters. The molecule has 1 N–H and O–H groups in total. The zero-order valence-electron chi connectivity index (χ0n) is 11.4. The number of aromatic nitrogens is 2. The Morgan fingerprint density at radius 1 is 1.26 bits per heavy atom. The van der Waals surface area contributed by atoms with Gasteiger partial charge in [-0.3, -0.25) is 0 Å². The molecule has 2 rings (SSSR count). The SMILES string of the molecule is CCc1cc(NC(C)c2cccc(Br)c2)nc(C)n1. The largest absolute Gasteiger partial charge is 0.363 e. The van der Waals surface area contributed by atoms with E-state index in [0.717, 1.165) is 28.2 Å². The normalized spacial score (nSPS) is 12.2. The van der Waals surface area contributed by atoms with Gasteiger partial charge in [0.2, 0.25) is 0 Å². The first kappa shape index (κ1) is 14.0. The highest BCUT2D eigenvalue weighted by atomic mass is 79.9. The lowest BCUT2D eigenvalue weighted by Gasteiger charge is -2.16. The average molecular weight is 320 g/mol. The van der Waals surface area contributed by atoms with Gasteiger partial charge in [0.05, 0.1) is 0 Å². The van der Waals surface area contributed by atoms with Gasteiger partial charge in [0.1, 0.15) is 11.6 Å². The summed E-state index contributed by atoms with van der Waals surface area (Å²) in [6.45, 7) is 6.15. The van der Waals surface area contributed by atoms with Crippen LogP contribution in [0.4, 0.5) is 5.82 Å². The molecule has 0 aliphatic heterocycles. The van der Waals surface area contributed by atoms with Crippen molar-refractivity contribution in [1.82, 2.24) is 9.97 Å². The van der Waals surface area contributed by atoms with E-state index in [1.54, 1.807) is 0 Å². The van der Waals surface area contributed by atoms with Gasteiger partial charge in [-0.15, -0.1) is 0 Å². The quantitative estimate of drug-likeness (QED) is 0.913. The molecule has 0 saturated carbocycles. The fourth-order valence-electron chi connectivity index (χ4n) is 1.97. The van der Waals surface area contributed by atoms with Crippen LogP contribution in [0.15, 0.2) is 34.8 Å². The highest BCUT2D eigenvalue weighted by Crippen LogP contribution is 2.21. The maximum Gasteiger partial charge on any atom is 0.130 e. The fraction of sp³-hybridized carbons (Fsp3) is 0.333. The fourth-order valence-corrected chi connectivity index (χ4v) is 2.38. The number of benzene rings is 1. The predicted octanol–water partition coefficient (Wildman–Crippen LogP) is 4.28. The van der Waals surface area contributed by atoms with Crippen LogP contribution in [0.3, 0.4) is 0 Å². The minimum Gasteiger partial charge on any atom is -0.363 e. The summed E-state index contributed by atoms with van der Waals surface area (Å²) in [6, 6.07) is 10.5. The van der Waals surface area contributed by atoms with Gasteiger partial charge >= 0.3 is 0 Å². The molecule has 1 aromatic carbocycles. The van der Waals surface area contributed by atoms with Crippen molar-refractivity contribution in [3.05, 3.63) is 51.9 Å². The van der Waals surface area contributed by atoms with E-state index in [9.17, 15) is 0 Å². The van der Waals surface area contributed by atoms with E-state index in [1.165, 1.54) is 5.56 Å². The number of nitrogens with one attached hydrogen (secondary N) is 1. The second-order valence-electron chi connectivity index (χ2n) is 4.57. The molecule has 4 heteroatoms. The van der Waals surface area contributed by atoms with Crippen LogP contribution in [0.5, 0.6) is 0 Å². The lowest BCUT2D eigenvalue weighted by Crippen LogP contribution is -2.09. The van der Waals surface area contributed by atoms with Crippen LogP contribution in [0.25, 0.3) is 0 Å². The van der Waals surface area contributed by atoms with Crippen LogP contribution in [0.1, 0.15) is 37.0 Å². The van der Waals surface area contributed by atoms with E-state index in [0.29, 0.717) is 0 Å². The van der Waals surface area contributed by atoms with Crippen molar-refractivity contribution in [2.75, 3.05) is 5.32 Å². The van der Waals surface area contributed by atoms with Crippen molar-refractivity contribution in [2.24, 2.45) is 0 Å². The lowest BCUT2D eigenvalue weighted by atomic mass is 10.1. The van der Waals surface area contributed by atoms with E-state index >= 15 is 0 Å². The highest BCUT2D eigenvalue weighted by molar-refractivity contribution is 9.10. The third kappa shape index (κ3) is 3.77. The van der Waals surface area contributed by atoms with Gasteiger partial charge in [-0.25, -0.2) is 9.97 Å². The molecule has 0 fully saturated rings. The minimum atomic E-state index is 0.205. The first-order valence-electron chi connectivity index (χ1n) is 6.45. The van der Waals surface area contributed by atoms with Crippen molar-refractivity contribution in [1.29, 1.82) is 0 Å². The summed E-state index contributed by atoms with van der Waals surface area (Å²) < 4.78 is 1.09. The Hall–Kier alpha value is -1.42. The Morgan fingerprint density at radius 2 is 2.05 bits per heavy atom. The summed E-state index contributed by atoms with van der Waals surface area (Å²) in [5, 5.41) is 3.43. The molecule has 0 spiro atoms. The van der Waals surface area contributed by atoms with Crippen molar-refractivity contribution >= 4 is 21.7 Å². The summed E-state index contributed by atoms with van der Waals surface area (Å²) in [5.74, 6) is 1.69. The van der Waals surface area contributed by atoms with Crippen LogP contribution >= 0.6 is 15.9 Å². The van der Waals surface area contributed by atoms with Crippen LogP contribution < -0.4 is 5.32 Å². The molecule has 0 saturated heterocycles. The number of nitrogens with zero attached hydrogens (tertiary/aromatic N) is 2. The van der Waals surface area contributed by atoms with E-state index < -0.39 is 0 Å². The van der Waals surface area contributed by atoms with Crippen molar-refractivity contribution in [3.63, 3.8) is 0 Å². The lowest BCUT2D eigenvalue weighted by molar-refractivity contribution is 0.857. The number of halogens is 1. The van der Waals surface area contributed by atoms with E-state index in [1.807, 2.05) is 25.1 Å². The smallest absolute Gasteiger partial charge is 0.130 e. The summed E-state index contributed by atoms with van der Waals surface area (Å²) in [7, 11) is 0. The molecule has 3 nitrogen and oxygen atoms in total. The molecular weight excluding hydrogens is 302 g/mol. The zero-order valence-corrected chi connectivity index (χ0v) is 13.0. The molecule has 1 unspecified atom stereocenters. The highest BCUT2D eigenvalue weighted by Gasteiger charge is 2.08. The van der Waals surface area contributed by atoms with Gasteiger partial charge in [-0.1, -0.05) is 35.0 Å². The Bertz CT molecular complexity index is 569. The Kier molecular flexibility index (Phi) is 4.53. The van der Waals surface area contributed by atoms with E-state index in [2.05, 4.69) is 57.2 Å². The van der Waals surface area contributed by atoms with Gasteiger partial charge in [0, 0.05) is 22.3 Å². The zero-order chi connectivity index (χ0) is 13.8. The van der Waals surface area contributed by atoms with Crippen LogP contribution in [0.2, 0.25) is 0 Å². The molecule has 0 bridgehead atoms. The number of hydrogen-bond acceptors (Lipinski definition) is 3. The van der Waals surface area contributed by atoms with Gasteiger partial charge in [-0.2, -0.15) is 0 Å². The maximum atomic E-state index is 4.44. The number of hydrogen-bond donors (Lipinski definition) is 1. The molecule has 0 aliphatic carbocycles. The maximum absolute atomic E-state index is 4.44. The second kappa shape index (κ2) is 6.15. The number of aryl methyl sites for hydroxylation is 2. The summed E-state index contributed by atoms with van der Waals surface area (Å²) in [4.78, 5) is 8.82. The third-order valence-electron chi connectivity index (χ3n) is 2.97. The van der Waals surface area contributed by atoms with Gasteiger partial charge in [0.15, 0.2) is 0 Å². The predicted molar refractivity (Wildman–Crippen MR) is 82.3 cm³/mol. The Morgan fingerprint density at radius 3 is 2.74 bits per heavy atom. The second-order valence-corrected chi connectivity index (χ2v) is 5.48. The summed E-state index contributed by atoms with van der Waals surface area (Å²) in [6.07, 6.45) is 0.920. The number of rotatable bonds is 4. The Labute approximate surface area is 122 Å². The van der Waals surface area contributed by atoms with Crippen molar-refractivity contribution < 1.29 is 0 Å². The number of anilines is 1. The molecule has 1 heterocycles. The molecule has 19 heavy (non-hydrogen) atoms. The first-order valence-corrected chi connectivity index (χ1v) is 7.24. The molecule has 2 aromatic rings. The van der Waals surface area contributed by atoms with E-state index in [-0.39, 0.29) is 6.04 Å². The third-order valence-corrected chi connectivity index (χ3v) is 3.46. The topological polar surface area (TPSA) is 37.8 Å². The first-order chi connectivity index (χ1) is 9.08. The standard InChI is InChI=1S/C15H18BrN3/c1-4-14-9-15(19-11(3)18-14)17-10(2)12-6-5-7-13(16)8-12/h5-10H,4H2,1-3H3,(H,17,18,19). The molecule has 0 amide bonds. The summed E-state index contributed by atoms with van der Waals surface area (Å²) in [5.41, 5.74) is 2.29. The molecule has 100 valence electrons. The van der Waals surface area contributed by atoms with E-state index in [4.69, 9.17) is 0 Å². The summed E-state index contributed by atoms with van der Waals surface area (Å²) >= 11 is 3.50. The van der Waals surface area contributed by atoms with Crippen molar-refractivity contribution in [3.8, 4) is 0 Å². The van der Waals surface area contributed by atoms with Crippen molar-refractivity contribution in [2.45, 2.75) is 33.2 Å². The van der Waals surface area contributed by atoms with Crippen LogP contribution in [-0.2, 0) is 6.42 Å². The minimum absolute atomic E-state index is 0.205. The van der Waals surface area contributed by atoms with Crippen LogP contribution in [0, 0.1) is 6.92 Å². The molecular formula is C15H18BrN3. The molecule has 0 aliphatic rings. The monoisotopic (exact) mass is 319 g/mol. The van der Waals surface area contributed by atoms with Gasteiger partial charge in [-0.05, 0) is 38.0 Å². The molecule has 1 aromatic heterocycles. The van der Waals surface area contributed by atoms with Gasteiger partial charge < -0.3 is 5.32 Å². The average Bonchev–Trinajstić information content (AvgIpc) is 2.38. The Balaban J connectivity index is 2.18. The molecule has 0 radical (unpaired) electrons. The van der Waals surface area contributed by atoms with Gasteiger partial charge in [0.25, 0.3) is 0 Å².